The highest BCUT2D eigenvalue weighted by atomic mass is 79.9. The Balaban J connectivity index is 2.25. The Morgan fingerprint density at radius 1 is 1.78 bits per heavy atom. The molecule has 9 heavy (non-hydrogen) atoms. The van der Waals surface area contributed by atoms with Gasteiger partial charge in [0.1, 0.15) is 0 Å². The molecule has 2 atom stereocenters. The van der Waals surface area contributed by atoms with E-state index in [4.69, 9.17) is 0 Å². The van der Waals surface area contributed by atoms with Crippen LogP contribution in [0.4, 0.5) is 0 Å². The molecule has 54 valence electrons. The molecule has 0 aromatic rings. The topological polar surface area (TPSA) is 20.2 Å². The first-order valence-corrected chi connectivity index (χ1v) is 4.63. The molecule has 1 nitrogen and oxygen atoms in total. The van der Waals surface area contributed by atoms with E-state index in [9.17, 15) is 5.11 Å². The minimum absolute atomic E-state index is 0.280. The van der Waals surface area contributed by atoms with Crippen molar-refractivity contribution in [3.05, 3.63) is 0 Å². The van der Waals surface area contributed by atoms with Gasteiger partial charge in [-0.05, 0) is 18.8 Å². The fraction of sp³-hybridized carbons (Fsp3) is 1.00. The molecule has 1 aliphatic rings. The van der Waals surface area contributed by atoms with Gasteiger partial charge in [0.05, 0.1) is 5.60 Å². The summed E-state index contributed by atoms with van der Waals surface area (Å²) in [4.78, 5) is 0. The van der Waals surface area contributed by atoms with Gasteiger partial charge in [-0.1, -0.05) is 29.3 Å². The van der Waals surface area contributed by atoms with Gasteiger partial charge < -0.3 is 5.11 Å². The highest BCUT2D eigenvalue weighted by molar-refractivity contribution is 9.09. The Hall–Kier alpha value is 0.440. The average Bonchev–Trinajstić information content (AvgIpc) is 2.43. The Labute approximate surface area is 64.6 Å². The highest BCUT2D eigenvalue weighted by Crippen LogP contribution is 2.48. The highest BCUT2D eigenvalue weighted by Gasteiger charge is 2.50. The summed E-state index contributed by atoms with van der Waals surface area (Å²) in [5.74, 6) is 0.593. The molecule has 0 aromatic heterocycles. The summed E-state index contributed by atoms with van der Waals surface area (Å²) in [5, 5.41) is 10.5. The fourth-order valence-corrected chi connectivity index (χ4v) is 2.05. The molecule has 0 saturated heterocycles. The van der Waals surface area contributed by atoms with Crippen molar-refractivity contribution in [1.82, 2.24) is 0 Å². The van der Waals surface area contributed by atoms with Crippen LogP contribution < -0.4 is 0 Å². The van der Waals surface area contributed by atoms with Crippen molar-refractivity contribution in [2.75, 3.05) is 5.33 Å². The summed E-state index contributed by atoms with van der Waals surface area (Å²) in [6.45, 7) is 2.14. The minimum atomic E-state index is -0.280. The number of hydrogen-bond donors (Lipinski definition) is 1. The maximum atomic E-state index is 9.56. The van der Waals surface area contributed by atoms with E-state index in [1.165, 1.54) is 0 Å². The molecule has 0 bridgehead atoms. The average molecular weight is 193 g/mol. The number of rotatable bonds is 3. The first-order chi connectivity index (χ1) is 4.23. The van der Waals surface area contributed by atoms with Gasteiger partial charge in [0.25, 0.3) is 0 Å². The zero-order valence-corrected chi connectivity index (χ0v) is 7.32. The molecule has 0 aliphatic heterocycles. The van der Waals surface area contributed by atoms with Crippen LogP contribution in [0.1, 0.15) is 26.2 Å². The van der Waals surface area contributed by atoms with Crippen LogP contribution in [0.5, 0.6) is 0 Å². The monoisotopic (exact) mass is 192 g/mol. The maximum absolute atomic E-state index is 9.56. The number of aliphatic hydroxyl groups is 1. The van der Waals surface area contributed by atoms with Crippen molar-refractivity contribution in [2.24, 2.45) is 5.92 Å². The first kappa shape index (κ1) is 7.55. The molecule has 1 fully saturated rings. The maximum Gasteiger partial charge on any atom is 0.0688 e. The summed E-state index contributed by atoms with van der Waals surface area (Å²) in [5.41, 5.74) is -0.280. The molecule has 0 radical (unpaired) electrons. The predicted molar refractivity (Wildman–Crippen MR) is 41.8 cm³/mol. The second kappa shape index (κ2) is 2.59. The van der Waals surface area contributed by atoms with Crippen LogP contribution in [-0.2, 0) is 0 Å². The third-order valence-electron chi connectivity index (χ3n) is 2.22. The van der Waals surface area contributed by atoms with Gasteiger partial charge in [0.2, 0.25) is 0 Å². The molecule has 1 aliphatic carbocycles. The Morgan fingerprint density at radius 2 is 2.44 bits per heavy atom. The number of alkyl halides is 1. The van der Waals surface area contributed by atoms with Crippen LogP contribution in [-0.4, -0.2) is 16.0 Å². The zero-order valence-electron chi connectivity index (χ0n) is 5.73. The van der Waals surface area contributed by atoms with E-state index < -0.39 is 0 Å². The lowest BCUT2D eigenvalue weighted by molar-refractivity contribution is 0.127. The molecular formula is C7H13BrO. The van der Waals surface area contributed by atoms with Crippen LogP contribution in [0.15, 0.2) is 0 Å². The lowest BCUT2D eigenvalue weighted by atomic mass is 10.2. The summed E-state index contributed by atoms with van der Waals surface area (Å²) >= 11 is 3.32. The Morgan fingerprint density at radius 3 is 2.78 bits per heavy atom. The SMILES string of the molecule is CC[C@H]1C[C@@]1(O)CCBr. The van der Waals surface area contributed by atoms with E-state index >= 15 is 0 Å². The fourth-order valence-electron chi connectivity index (χ4n) is 1.36. The van der Waals surface area contributed by atoms with Crippen molar-refractivity contribution in [2.45, 2.75) is 31.8 Å². The van der Waals surface area contributed by atoms with Crippen molar-refractivity contribution >= 4 is 15.9 Å². The second-order valence-corrected chi connectivity index (χ2v) is 3.64. The Kier molecular flexibility index (Phi) is 2.17. The van der Waals surface area contributed by atoms with E-state index in [2.05, 4.69) is 22.9 Å². The van der Waals surface area contributed by atoms with Crippen molar-refractivity contribution in [3.8, 4) is 0 Å². The van der Waals surface area contributed by atoms with Crippen LogP contribution in [0.25, 0.3) is 0 Å². The van der Waals surface area contributed by atoms with E-state index in [-0.39, 0.29) is 5.60 Å². The van der Waals surface area contributed by atoms with Crippen LogP contribution >= 0.6 is 15.9 Å². The smallest absolute Gasteiger partial charge is 0.0688 e. The molecule has 2 heteroatoms. The second-order valence-electron chi connectivity index (χ2n) is 2.85. The van der Waals surface area contributed by atoms with Gasteiger partial charge >= 0.3 is 0 Å². The van der Waals surface area contributed by atoms with Crippen molar-refractivity contribution in [1.29, 1.82) is 0 Å². The molecule has 0 aromatic carbocycles. The van der Waals surface area contributed by atoms with Gasteiger partial charge in [0, 0.05) is 5.33 Å². The van der Waals surface area contributed by atoms with E-state index in [1.807, 2.05) is 0 Å². The van der Waals surface area contributed by atoms with E-state index in [0.29, 0.717) is 5.92 Å². The molecule has 1 rings (SSSR count). The lowest BCUT2D eigenvalue weighted by Crippen LogP contribution is -2.10. The van der Waals surface area contributed by atoms with Crippen LogP contribution in [0.3, 0.4) is 0 Å². The van der Waals surface area contributed by atoms with Crippen molar-refractivity contribution in [3.63, 3.8) is 0 Å². The molecule has 0 amide bonds. The minimum Gasteiger partial charge on any atom is -0.390 e. The van der Waals surface area contributed by atoms with Gasteiger partial charge in [0.15, 0.2) is 0 Å². The third-order valence-corrected chi connectivity index (χ3v) is 2.62. The molecule has 0 unspecified atom stereocenters. The lowest BCUT2D eigenvalue weighted by Gasteiger charge is -2.04. The summed E-state index contributed by atoms with van der Waals surface area (Å²) in [7, 11) is 0. The Bertz CT molecular complexity index is 105. The largest absolute Gasteiger partial charge is 0.390 e. The zero-order chi connectivity index (χ0) is 6.91. The van der Waals surface area contributed by atoms with Gasteiger partial charge in [-0.15, -0.1) is 0 Å². The summed E-state index contributed by atoms with van der Waals surface area (Å²) in [6.07, 6.45) is 3.07. The first-order valence-electron chi connectivity index (χ1n) is 3.51. The quantitative estimate of drug-likeness (QED) is 0.679. The normalized spacial score (nSPS) is 41.0. The molecule has 0 spiro atoms. The summed E-state index contributed by atoms with van der Waals surface area (Å²) in [6, 6.07) is 0. The van der Waals surface area contributed by atoms with Crippen LogP contribution in [0, 0.1) is 5.92 Å². The molecule has 1 N–H and O–H groups in total. The number of halogens is 1. The van der Waals surface area contributed by atoms with Gasteiger partial charge in [-0.25, -0.2) is 0 Å². The summed E-state index contributed by atoms with van der Waals surface area (Å²) < 4.78 is 0. The van der Waals surface area contributed by atoms with E-state index in [0.717, 1.165) is 24.6 Å². The molecule has 0 heterocycles. The molecular weight excluding hydrogens is 180 g/mol. The van der Waals surface area contributed by atoms with E-state index in [1.54, 1.807) is 0 Å². The predicted octanol–water partition coefficient (Wildman–Crippen LogP) is 1.93. The molecule has 1 saturated carbocycles. The standard InChI is InChI=1S/C7H13BrO/c1-2-6-5-7(6,9)3-4-8/h6,9H,2-5H2,1H3/t6-,7-/m0/s1. The van der Waals surface area contributed by atoms with Gasteiger partial charge in [-0.2, -0.15) is 0 Å². The van der Waals surface area contributed by atoms with Crippen molar-refractivity contribution < 1.29 is 5.11 Å². The number of hydrogen-bond acceptors (Lipinski definition) is 1. The van der Waals surface area contributed by atoms with Crippen LogP contribution in [0.2, 0.25) is 0 Å². The van der Waals surface area contributed by atoms with Gasteiger partial charge in [-0.3, -0.25) is 0 Å². The third kappa shape index (κ3) is 1.47.